The van der Waals surface area contributed by atoms with Crippen molar-refractivity contribution in [3.63, 3.8) is 0 Å². The molecule has 1 nitrogen and oxygen atoms in total. The van der Waals surface area contributed by atoms with Gasteiger partial charge in [0.15, 0.2) is 0 Å². The highest BCUT2D eigenvalue weighted by Gasteiger charge is 2.33. The van der Waals surface area contributed by atoms with E-state index in [-0.39, 0.29) is 31.3 Å². The lowest BCUT2D eigenvalue weighted by molar-refractivity contribution is -0.0387. The van der Waals surface area contributed by atoms with E-state index >= 15 is 0 Å². The molecule has 1 unspecified atom stereocenters. The zero-order chi connectivity index (χ0) is 6.91. The standard InChI is InChI=1S/C6H11F2N.ClH/c1-5-4-6(7,8)2-3-9-5;/h5,9H,2-4H2,1H3;1H. The Kier molecular flexibility index (Phi) is 3.52. The normalized spacial score (nSPS) is 30.9. The van der Waals surface area contributed by atoms with Crippen LogP contribution in [0.2, 0.25) is 0 Å². The van der Waals surface area contributed by atoms with Gasteiger partial charge in [-0.15, -0.1) is 12.4 Å². The third-order valence-electron chi connectivity index (χ3n) is 1.59. The van der Waals surface area contributed by atoms with Gasteiger partial charge in [-0.25, -0.2) is 8.78 Å². The van der Waals surface area contributed by atoms with Crippen LogP contribution in [-0.4, -0.2) is 18.5 Å². The van der Waals surface area contributed by atoms with Gasteiger partial charge in [0.2, 0.25) is 0 Å². The van der Waals surface area contributed by atoms with Crippen LogP contribution in [0.3, 0.4) is 0 Å². The van der Waals surface area contributed by atoms with Crippen molar-refractivity contribution in [2.24, 2.45) is 0 Å². The predicted molar refractivity (Wildman–Crippen MR) is 38.9 cm³/mol. The van der Waals surface area contributed by atoms with E-state index in [2.05, 4.69) is 5.32 Å². The summed E-state index contributed by atoms with van der Waals surface area (Å²) in [6, 6.07) is -0.0197. The first-order chi connectivity index (χ1) is 4.10. The van der Waals surface area contributed by atoms with Gasteiger partial charge in [-0.1, -0.05) is 0 Å². The molecule has 1 N–H and O–H groups in total. The minimum atomic E-state index is -2.41. The van der Waals surface area contributed by atoms with Crippen LogP contribution >= 0.6 is 12.4 Å². The smallest absolute Gasteiger partial charge is 0.250 e. The summed E-state index contributed by atoms with van der Waals surface area (Å²) < 4.78 is 24.8. The molecular weight excluding hydrogens is 160 g/mol. The van der Waals surface area contributed by atoms with E-state index in [4.69, 9.17) is 0 Å². The molecule has 0 spiro atoms. The quantitative estimate of drug-likeness (QED) is 0.586. The summed E-state index contributed by atoms with van der Waals surface area (Å²) >= 11 is 0. The maximum atomic E-state index is 12.4. The van der Waals surface area contributed by atoms with Crippen molar-refractivity contribution < 1.29 is 8.78 Å². The monoisotopic (exact) mass is 171 g/mol. The van der Waals surface area contributed by atoms with Crippen LogP contribution in [0.5, 0.6) is 0 Å². The summed E-state index contributed by atoms with van der Waals surface area (Å²) in [4.78, 5) is 0. The Morgan fingerprint density at radius 2 is 2.10 bits per heavy atom. The van der Waals surface area contributed by atoms with E-state index in [1.807, 2.05) is 0 Å². The Morgan fingerprint density at radius 1 is 1.50 bits per heavy atom. The molecule has 62 valence electrons. The van der Waals surface area contributed by atoms with Crippen LogP contribution in [0.4, 0.5) is 8.78 Å². The van der Waals surface area contributed by atoms with Crippen LogP contribution in [0.25, 0.3) is 0 Å². The Bertz CT molecular complexity index is 108. The second-order valence-corrected chi connectivity index (χ2v) is 2.67. The van der Waals surface area contributed by atoms with Gasteiger partial charge in [0.1, 0.15) is 0 Å². The molecule has 10 heavy (non-hydrogen) atoms. The first-order valence-electron chi connectivity index (χ1n) is 3.21. The molecule has 0 aromatic rings. The molecule has 0 bridgehead atoms. The van der Waals surface area contributed by atoms with Crippen molar-refractivity contribution in [3.05, 3.63) is 0 Å². The van der Waals surface area contributed by atoms with Gasteiger partial charge in [-0.3, -0.25) is 0 Å². The maximum Gasteiger partial charge on any atom is 0.250 e. The first-order valence-corrected chi connectivity index (χ1v) is 3.21. The van der Waals surface area contributed by atoms with Crippen LogP contribution in [0.1, 0.15) is 19.8 Å². The summed E-state index contributed by atoms with van der Waals surface area (Å²) in [5, 5.41) is 2.96. The highest BCUT2D eigenvalue weighted by molar-refractivity contribution is 5.85. The molecule has 1 atom stereocenters. The van der Waals surface area contributed by atoms with Crippen LogP contribution in [0, 0.1) is 0 Å². The molecular formula is C6H12ClF2N. The summed E-state index contributed by atoms with van der Waals surface area (Å²) in [6.45, 7) is 2.24. The number of hydrogen-bond acceptors (Lipinski definition) is 1. The zero-order valence-corrected chi connectivity index (χ0v) is 6.68. The average molecular weight is 172 g/mol. The second kappa shape index (κ2) is 3.49. The lowest BCUT2D eigenvalue weighted by Gasteiger charge is -2.27. The minimum Gasteiger partial charge on any atom is -0.314 e. The molecule has 0 aromatic heterocycles. The van der Waals surface area contributed by atoms with Crippen molar-refractivity contribution in [2.75, 3.05) is 6.54 Å². The molecule has 1 saturated heterocycles. The molecule has 0 saturated carbocycles. The van der Waals surface area contributed by atoms with Gasteiger partial charge in [-0.2, -0.15) is 0 Å². The third-order valence-corrected chi connectivity index (χ3v) is 1.59. The predicted octanol–water partition coefficient (Wildman–Crippen LogP) is 1.82. The first kappa shape index (κ1) is 10.1. The number of hydrogen-bond donors (Lipinski definition) is 1. The highest BCUT2D eigenvalue weighted by Crippen LogP contribution is 2.26. The van der Waals surface area contributed by atoms with Crippen LogP contribution in [0.15, 0.2) is 0 Å². The summed E-state index contributed by atoms with van der Waals surface area (Å²) in [5.41, 5.74) is 0. The lowest BCUT2D eigenvalue weighted by atomic mass is 10.0. The summed E-state index contributed by atoms with van der Waals surface area (Å²) in [6.07, 6.45) is -0.00958. The Hall–Kier alpha value is 0.110. The van der Waals surface area contributed by atoms with Gasteiger partial charge in [0.25, 0.3) is 5.92 Å². The highest BCUT2D eigenvalue weighted by atomic mass is 35.5. The molecule has 0 radical (unpaired) electrons. The topological polar surface area (TPSA) is 12.0 Å². The molecule has 4 heteroatoms. The zero-order valence-electron chi connectivity index (χ0n) is 5.86. The van der Waals surface area contributed by atoms with Gasteiger partial charge >= 0.3 is 0 Å². The summed E-state index contributed by atoms with van der Waals surface area (Å²) in [5.74, 6) is -2.41. The van der Waals surface area contributed by atoms with E-state index < -0.39 is 5.92 Å². The van der Waals surface area contributed by atoms with Crippen molar-refractivity contribution in [1.82, 2.24) is 5.32 Å². The van der Waals surface area contributed by atoms with Crippen molar-refractivity contribution >= 4 is 12.4 Å². The van der Waals surface area contributed by atoms with E-state index in [0.29, 0.717) is 6.54 Å². The summed E-state index contributed by atoms with van der Waals surface area (Å²) in [7, 11) is 0. The number of piperidine rings is 1. The Balaban J connectivity index is 0.000000810. The van der Waals surface area contributed by atoms with E-state index in [1.165, 1.54) is 0 Å². The Morgan fingerprint density at radius 3 is 2.40 bits per heavy atom. The SMILES string of the molecule is CC1CC(F)(F)CCN1.Cl. The van der Waals surface area contributed by atoms with Crippen molar-refractivity contribution in [2.45, 2.75) is 31.7 Å². The van der Waals surface area contributed by atoms with Gasteiger partial charge in [0.05, 0.1) is 0 Å². The number of alkyl halides is 2. The second-order valence-electron chi connectivity index (χ2n) is 2.67. The molecule has 0 aromatic carbocycles. The number of nitrogens with one attached hydrogen (secondary N) is 1. The lowest BCUT2D eigenvalue weighted by Crippen LogP contribution is -2.41. The molecule has 1 aliphatic heterocycles. The Labute approximate surface area is 65.6 Å². The van der Waals surface area contributed by atoms with E-state index in [9.17, 15) is 8.78 Å². The average Bonchev–Trinajstić information content (AvgIpc) is 1.60. The minimum absolute atomic E-state index is 0. The fraction of sp³-hybridized carbons (Fsp3) is 1.00. The fourth-order valence-corrected chi connectivity index (χ4v) is 1.12. The third kappa shape index (κ3) is 2.80. The fourth-order valence-electron chi connectivity index (χ4n) is 1.12. The van der Waals surface area contributed by atoms with E-state index in [0.717, 1.165) is 0 Å². The number of rotatable bonds is 0. The van der Waals surface area contributed by atoms with E-state index in [1.54, 1.807) is 6.92 Å². The van der Waals surface area contributed by atoms with Crippen LogP contribution < -0.4 is 5.32 Å². The molecule has 1 aliphatic rings. The molecule has 0 amide bonds. The molecule has 0 aliphatic carbocycles. The van der Waals surface area contributed by atoms with Gasteiger partial charge in [-0.05, 0) is 6.92 Å². The van der Waals surface area contributed by atoms with Gasteiger partial charge < -0.3 is 5.32 Å². The van der Waals surface area contributed by atoms with Crippen molar-refractivity contribution in [3.8, 4) is 0 Å². The van der Waals surface area contributed by atoms with Crippen molar-refractivity contribution in [1.29, 1.82) is 0 Å². The largest absolute Gasteiger partial charge is 0.314 e. The molecule has 1 fully saturated rings. The van der Waals surface area contributed by atoms with Crippen LogP contribution in [-0.2, 0) is 0 Å². The molecule has 1 rings (SSSR count). The number of halogens is 3. The van der Waals surface area contributed by atoms with Gasteiger partial charge in [0, 0.05) is 25.4 Å². The molecule has 1 heterocycles. The maximum absolute atomic E-state index is 12.4.